The highest BCUT2D eigenvalue weighted by Gasteiger charge is 2.16. The lowest BCUT2D eigenvalue weighted by Crippen LogP contribution is -2.41. The van der Waals surface area contributed by atoms with Crippen LogP contribution in [-0.2, 0) is 4.74 Å². The summed E-state index contributed by atoms with van der Waals surface area (Å²) >= 11 is 0. The molecule has 0 unspecified atom stereocenters. The van der Waals surface area contributed by atoms with Gasteiger partial charge in [-0.15, -0.1) is 0 Å². The van der Waals surface area contributed by atoms with Gasteiger partial charge in [-0.05, 0) is 43.5 Å². The number of hydrogen-bond donors (Lipinski definition) is 1. The minimum Gasteiger partial charge on any atom is -0.490 e. The lowest BCUT2D eigenvalue weighted by molar-refractivity contribution is 0.0389. The van der Waals surface area contributed by atoms with Crippen LogP contribution in [0.5, 0.6) is 17.4 Å². The van der Waals surface area contributed by atoms with E-state index in [4.69, 9.17) is 19.2 Å². The van der Waals surface area contributed by atoms with E-state index >= 15 is 0 Å². The molecule has 1 aromatic heterocycles. The van der Waals surface area contributed by atoms with Crippen LogP contribution in [0.15, 0.2) is 47.6 Å². The van der Waals surface area contributed by atoms with Crippen LogP contribution in [0, 0.1) is 0 Å². The minimum absolute atomic E-state index is 0.533. The molecule has 1 aromatic carbocycles. The molecule has 1 fully saturated rings. The van der Waals surface area contributed by atoms with E-state index in [0.717, 1.165) is 82.3 Å². The summed E-state index contributed by atoms with van der Waals surface area (Å²) in [5.74, 6) is 2.78. The number of pyridine rings is 1. The highest BCUT2D eigenvalue weighted by atomic mass is 16.5. The maximum atomic E-state index is 6.20. The Labute approximate surface area is 178 Å². The molecule has 0 bridgehead atoms. The number of fused-ring (bicyclic) bond motifs is 2. The summed E-state index contributed by atoms with van der Waals surface area (Å²) in [5.41, 5.74) is 0.869. The number of aromatic nitrogens is 1. The summed E-state index contributed by atoms with van der Waals surface area (Å²) in [7, 11) is 0. The minimum atomic E-state index is 0.533. The van der Waals surface area contributed by atoms with Gasteiger partial charge in [-0.3, -0.25) is 9.89 Å². The molecule has 2 aromatic rings. The van der Waals surface area contributed by atoms with Crippen LogP contribution in [0.3, 0.4) is 0 Å². The third-order valence-electron chi connectivity index (χ3n) is 5.24. The lowest BCUT2D eigenvalue weighted by Gasteiger charge is -2.26. The van der Waals surface area contributed by atoms with E-state index in [9.17, 15) is 0 Å². The standard InChI is InChI=1S/C23H30N4O3/c1-4-10-24-22(25-12-13-27-14-17-28-18-15-27)19-7-6-11-26-23(19)30-21-9-3-2-8-20(21)29-16-5-1/h2-3,6-9,11H,1,4-5,10,12-18H2,(H,24,25). The van der Waals surface area contributed by atoms with Gasteiger partial charge in [0.1, 0.15) is 5.84 Å². The predicted octanol–water partition coefficient (Wildman–Crippen LogP) is 3.11. The van der Waals surface area contributed by atoms with Crippen LogP contribution in [-0.4, -0.2) is 68.3 Å². The summed E-state index contributed by atoms with van der Waals surface area (Å²) in [5, 5.41) is 3.53. The second-order valence-electron chi connectivity index (χ2n) is 7.43. The van der Waals surface area contributed by atoms with Gasteiger partial charge in [0.15, 0.2) is 11.5 Å². The molecule has 1 N–H and O–H groups in total. The zero-order valence-corrected chi connectivity index (χ0v) is 17.4. The number of nitrogens with zero attached hydrogens (tertiary/aromatic N) is 3. The molecular weight excluding hydrogens is 380 g/mol. The van der Waals surface area contributed by atoms with Gasteiger partial charge in [0, 0.05) is 38.9 Å². The third kappa shape index (κ3) is 5.70. The van der Waals surface area contributed by atoms with Crippen LogP contribution < -0.4 is 14.8 Å². The van der Waals surface area contributed by atoms with E-state index < -0.39 is 0 Å². The normalized spacial score (nSPS) is 18.2. The number of nitrogens with one attached hydrogen (secondary N) is 1. The van der Waals surface area contributed by atoms with Crippen molar-refractivity contribution in [1.29, 1.82) is 0 Å². The van der Waals surface area contributed by atoms with Gasteiger partial charge in [-0.2, -0.15) is 0 Å². The van der Waals surface area contributed by atoms with Crippen LogP contribution in [0.2, 0.25) is 0 Å². The molecule has 1 saturated heterocycles. The van der Waals surface area contributed by atoms with Gasteiger partial charge in [-0.25, -0.2) is 4.98 Å². The Morgan fingerprint density at radius 1 is 0.933 bits per heavy atom. The van der Waals surface area contributed by atoms with Gasteiger partial charge < -0.3 is 19.5 Å². The van der Waals surface area contributed by atoms with E-state index in [-0.39, 0.29) is 0 Å². The van der Waals surface area contributed by atoms with Gasteiger partial charge >= 0.3 is 0 Å². The molecule has 0 radical (unpaired) electrons. The van der Waals surface area contributed by atoms with E-state index in [1.54, 1.807) is 6.20 Å². The van der Waals surface area contributed by atoms with Crippen molar-refractivity contribution < 1.29 is 14.2 Å². The topological polar surface area (TPSA) is 68.2 Å². The fraction of sp³-hybridized carbons (Fsp3) is 0.478. The summed E-state index contributed by atoms with van der Waals surface area (Å²) in [6.45, 7) is 6.78. The number of ether oxygens (including phenoxy) is 3. The first-order valence-corrected chi connectivity index (χ1v) is 10.8. The number of rotatable bonds is 3. The van der Waals surface area contributed by atoms with Crippen LogP contribution >= 0.6 is 0 Å². The maximum Gasteiger partial charge on any atom is 0.230 e. The molecule has 2 aliphatic heterocycles. The van der Waals surface area contributed by atoms with Gasteiger partial charge in [0.2, 0.25) is 5.88 Å². The Morgan fingerprint density at radius 3 is 2.70 bits per heavy atom. The van der Waals surface area contributed by atoms with Crippen molar-refractivity contribution in [2.24, 2.45) is 4.99 Å². The zero-order valence-electron chi connectivity index (χ0n) is 17.4. The molecule has 0 atom stereocenters. The number of benzene rings is 1. The molecule has 0 amide bonds. The summed E-state index contributed by atoms with van der Waals surface area (Å²) in [6.07, 6.45) is 4.84. The summed E-state index contributed by atoms with van der Waals surface area (Å²) in [6, 6.07) is 11.7. The molecule has 0 aliphatic carbocycles. The molecule has 2 aliphatic rings. The number of hydrogen-bond acceptors (Lipinski definition) is 7. The predicted molar refractivity (Wildman–Crippen MR) is 117 cm³/mol. The lowest BCUT2D eigenvalue weighted by atomic mass is 10.2. The molecule has 160 valence electrons. The van der Waals surface area contributed by atoms with Crippen molar-refractivity contribution >= 4 is 5.84 Å². The molecule has 30 heavy (non-hydrogen) atoms. The van der Waals surface area contributed by atoms with Gasteiger partial charge in [0.25, 0.3) is 0 Å². The second-order valence-corrected chi connectivity index (χ2v) is 7.43. The smallest absolute Gasteiger partial charge is 0.230 e. The Bertz CT molecular complexity index is 837. The van der Waals surface area contributed by atoms with E-state index in [0.29, 0.717) is 18.2 Å². The molecule has 7 heteroatoms. The third-order valence-corrected chi connectivity index (χ3v) is 5.24. The Morgan fingerprint density at radius 2 is 1.80 bits per heavy atom. The molecule has 0 saturated carbocycles. The highest BCUT2D eigenvalue weighted by molar-refractivity contribution is 6.00. The SMILES string of the molecule is c1ccc2c(c1)OCCCCCN=C(NCCN1CCOCC1)c1cccnc1O2. The Hall–Kier alpha value is -2.64. The first-order chi connectivity index (χ1) is 14.9. The van der Waals surface area contributed by atoms with Crippen molar-refractivity contribution in [2.75, 3.05) is 52.5 Å². The number of morpholine rings is 1. The number of amidine groups is 1. The molecule has 0 spiro atoms. The van der Waals surface area contributed by atoms with Crippen LogP contribution in [0.1, 0.15) is 24.8 Å². The van der Waals surface area contributed by atoms with Crippen molar-refractivity contribution in [3.05, 3.63) is 48.2 Å². The average molecular weight is 411 g/mol. The van der Waals surface area contributed by atoms with Gasteiger partial charge in [-0.1, -0.05) is 12.1 Å². The summed E-state index contributed by atoms with van der Waals surface area (Å²) in [4.78, 5) is 11.8. The molecular formula is C23H30N4O3. The van der Waals surface area contributed by atoms with Crippen LogP contribution in [0.4, 0.5) is 0 Å². The fourth-order valence-corrected chi connectivity index (χ4v) is 3.57. The van der Waals surface area contributed by atoms with Crippen LogP contribution in [0.25, 0.3) is 0 Å². The first kappa shape index (κ1) is 20.6. The number of aliphatic imine (C=N–C) groups is 1. The number of para-hydroxylation sites is 2. The van der Waals surface area contributed by atoms with E-state index in [1.807, 2.05) is 36.4 Å². The fourth-order valence-electron chi connectivity index (χ4n) is 3.57. The maximum absolute atomic E-state index is 6.20. The highest BCUT2D eigenvalue weighted by Crippen LogP contribution is 2.32. The molecule has 7 nitrogen and oxygen atoms in total. The Balaban J connectivity index is 1.54. The summed E-state index contributed by atoms with van der Waals surface area (Å²) < 4.78 is 17.6. The van der Waals surface area contributed by atoms with Crippen molar-refractivity contribution in [3.63, 3.8) is 0 Å². The average Bonchev–Trinajstić information content (AvgIpc) is 2.80. The van der Waals surface area contributed by atoms with E-state index in [2.05, 4.69) is 15.2 Å². The van der Waals surface area contributed by atoms with Crippen molar-refractivity contribution in [2.45, 2.75) is 19.3 Å². The molecule has 4 rings (SSSR count). The quantitative estimate of drug-likeness (QED) is 0.839. The Kier molecular flexibility index (Phi) is 7.52. The zero-order chi connectivity index (χ0) is 20.4. The van der Waals surface area contributed by atoms with Gasteiger partial charge in [0.05, 0.1) is 25.4 Å². The largest absolute Gasteiger partial charge is 0.490 e. The van der Waals surface area contributed by atoms with Crippen molar-refractivity contribution in [3.8, 4) is 17.4 Å². The first-order valence-electron chi connectivity index (χ1n) is 10.8. The second kappa shape index (κ2) is 10.9. The monoisotopic (exact) mass is 410 g/mol. The molecule has 3 heterocycles. The van der Waals surface area contributed by atoms with E-state index in [1.165, 1.54) is 0 Å². The van der Waals surface area contributed by atoms with Crippen molar-refractivity contribution in [1.82, 2.24) is 15.2 Å².